The minimum Gasteiger partial charge on any atom is -0.311 e. The highest BCUT2D eigenvalue weighted by Gasteiger charge is 2.43. The predicted octanol–water partition coefficient (Wildman–Crippen LogP) is 8.36. The molecule has 0 fully saturated rings. The minimum absolute atomic E-state index is 0.121. The molecule has 0 saturated carbocycles. The molecule has 6 aromatic carbocycles. The lowest BCUT2D eigenvalue weighted by Crippen LogP contribution is -2.61. The van der Waals surface area contributed by atoms with Crippen LogP contribution >= 0.6 is 0 Å². The Kier molecular flexibility index (Phi) is 5.62. The summed E-state index contributed by atoms with van der Waals surface area (Å²) in [6.45, 7) is 6.57. The molecule has 200 valence electrons. The summed E-state index contributed by atoms with van der Waals surface area (Å²) < 4.78 is 0. The van der Waals surface area contributed by atoms with E-state index in [1.807, 2.05) is 0 Å². The molecule has 0 saturated heterocycles. The van der Waals surface area contributed by atoms with Crippen molar-refractivity contribution < 1.29 is 0 Å². The maximum absolute atomic E-state index is 2.46. The Morgan fingerprint density at radius 1 is 0.405 bits per heavy atom. The molecule has 0 bridgehead atoms. The molecule has 2 aliphatic rings. The van der Waals surface area contributed by atoms with Crippen LogP contribution in [0.5, 0.6) is 0 Å². The van der Waals surface area contributed by atoms with Crippen molar-refractivity contribution in [2.75, 3.05) is 9.80 Å². The highest BCUT2D eigenvalue weighted by molar-refractivity contribution is 7.00. The van der Waals surface area contributed by atoms with Crippen LogP contribution in [0.15, 0.2) is 133 Å². The number of rotatable bonds is 3. The smallest absolute Gasteiger partial charge is 0.252 e. The van der Waals surface area contributed by atoms with Crippen molar-refractivity contribution in [1.29, 1.82) is 0 Å². The van der Waals surface area contributed by atoms with E-state index in [1.165, 1.54) is 78.3 Å². The van der Waals surface area contributed by atoms with Gasteiger partial charge in [0.25, 0.3) is 6.71 Å². The Hall–Kier alpha value is -5.02. The van der Waals surface area contributed by atoms with Crippen molar-refractivity contribution in [3.63, 3.8) is 0 Å². The van der Waals surface area contributed by atoms with E-state index in [1.54, 1.807) is 0 Å². The summed E-state index contributed by atoms with van der Waals surface area (Å²) in [5.41, 5.74) is 17.6. The fourth-order valence-electron chi connectivity index (χ4n) is 6.76. The Bertz CT molecular complexity index is 1940. The third-order valence-electron chi connectivity index (χ3n) is 8.87. The van der Waals surface area contributed by atoms with Gasteiger partial charge in [-0.25, -0.2) is 0 Å². The zero-order valence-electron chi connectivity index (χ0n) is 24.2. The Morgan fingerprint density at radius 2 is 0.881 bits per heavy atom. The first-order chi connectivity index (χ1) is 20.6. The quantitative estimate of drug-likeness (QED) is 0.209. The van der Waals surface area contributed by atoms with Gasteiger partial charge in [0.05, 0.1) is 0 Å². The number of aryl methyl sites for hydroxylation is 3. The van der Waals surface area contributed by atoms with Crippen molar-refractivity contribution in [3.05, 3.63) is 150 Å². The molecule has 0 N–H and O–H groups in total. The molecule has 8 rings (SSSR count). The van der Waals surface area contributed by atoms with Crippen molar-refractivity contribution in [2.45, 2.75) is 20.8 Å². The van der Waals surface area contributed by atoms with Crippen molar-refractivity contribution >= 4 is 57.2 Å². The summed E-state index contributed by atoms with van der Waals surface area (Å²) in [7, 11) is 0. The second-order valence-electron chi connectivity index (χ2n) is 11.7. The second-order valence-corrected chi connectivity index (χ2v) is 11.7. The summed E-state index contributed by atoms with van der Waals surface area (Å²) >= 11 is 0. The van der Waals surface area contributed by atoms with Crippen molar-refractivity contribution in [2.24, 2.45) is 0 Å². The number of nitrogens with zero attached hydrogens (tertiary/aromatic N) is 2. The monoisotopic (exact) mass is 538 g/mol. The van der Waals surface area contributed by atoms with Crippen LogP contribution in [0.2, 0.25) is 0 Å². The van der Waals surface area contributed by atoms with E-state index >= 15 is 0 Å². The van der Waals surface area contributed by atoms with Gasteiger partial charge in [0.2, 0.25) is 0 Å². The molecule has 0 radical (unpaired) electrons. The molecule has 0 amide bonds. The second kappa shape index (κ2) is 9.53. The minimum atomic E-state index is 0.121. The number of fused-ring (bicyclic) bond motifs is 4. The van der Waals surface area contributed by atoms with E-state index in [2.05, 4.69) is 164 Å². The van der Waals surface area contributed by atoms with Gasteiger partial charge in [-0.2, -0.15) is 0 Å². The van der Waals surface area contributed by atoms with Gasteiger partial charge in [-0.15, -0.1) is 0 Å². The van der Waals surface area contributed by atoms with Gasteiger partial charge >= 0.3 is 0 Å². The lowest BCUT2D eigenvalue weighted by molar-refractivity contribution is 1.25. The van der Waals surface area contributed by atoms with Crippen LogP contribution in [0.3, 0.4) is 0 Å². The van der Waals surface area contributed by atoms with Gasteiger partial charge < -0.3 is 9.80 Å². The van der Waals surface area contributed by atoms with Gasteiger partial charge in [-0.05, 0) is 96.8 Å². The van der Waals surface area contributed by atoms with E-state index in [-0.39, 0.29) is 6.71 Å². The van der Waals surface area contributed by atoms with Crippen LogP contribution in [-0.4, -0.2) is 6.71 Å². The average molecular weight is 539 g/mol. The third kappa shape index (κ3) is 3.81. The van der Waals surface area contributed by atoms with Crippen LogP contribution in [0, 0.1) is 20.8 Å². The molecule has 0 atom stereocenters. The lowest BCUT2D eigenvalue weighted by Gasteiger charge is -2.44. The summed E-state index contributed by atoms with van der Waals surface area (Å²) in [5, 5.41) is 0. The molecule has 2 nitrogen and oxygen atoms in total. The van der Waals surface area contributed by atoms with E-state index in [9.17, 15) is 0 Å². The topological polar surface area (TPSA) is 6.48 Å². The zero-order valence-corrected chi connectivity index (χ0v) is 24.2. The first-order valence-electron chi connectivity index (χ1n) is 14.7. The summed E-state index contributed by atoms with van der Waals surface area (Å²) in [4.78, 5) is 4.91. The molecule has 0 aliphatic carbocycles. The standard InChI is InChI=1S/C39H31BN2/c1-26-11-17-29(18-12-26)30-19-24-36-34(25-30)40-33-7-4-5-8-35(33)41(31-20-13-27(2)14-21-31)37-9-6-10-38(39(37)40)42(36)32-22-15-28(3)16-23-32/h4-25H,1-3H3. The molecule has 3 heteroatoms. The number of hydrogen-bond acceptors (Lipinski definition) is 2. The molecule has 0 aromatic heterocycles. The summed E-state index contributed by atoms with van der Waals surface area (Å²) in [6, 6.07) is 49.5. The first kappa shape index (κ1) is 24.8. The predicted molar refractivity (Wildman–Crippen MR) is 180 cm³/mol. The van der Waals surface area contributed by atoms with Gasteiger partial charge in [0, 0.05) is 34.1 Å². The maximum atomic E-state index is 2.46. The van der Waals surface area contributed by atoms with Gasteiger partial charge in [-0.3, -0.25) is 0 Å². The number of para-hydroxylation sites is 1. The fraction of sp³-hybridized carbons (Fsp3) is 0.0769. The Labute approximate surface area is 248 Å². The van der Waals surface area contributed by atoms with Crippen molar-refractivity contribution in [1.82, 2.24) is 0 Å². The molecule has 0 unspecified atom stereocenters. The van der Waals surface area contributed by atoms with Gasteiger partial charge in [0.15, 0.2) is 0 Å². The van der Waals surface area contributed by atoms with Gasteiger partial charge in [0.1, 0.15) is 0 Å². The van der Waals surface area contributed by atoms with Gasteiger partial charge in [-0.1, -0.05) is 102 Å². The average Bonchev–Trinajstić information content (AvgIpc) is 3.02. The van der Waals surface area contributed by atoms with Crippen molar-refractivity contribution in [3.8, 4) is 11.1 Å². The zero-order chi connectivity index (χ0) is 28.4. The molecular formula is C39H31BN2. The van der Waals surface area contributed by atoms with Crippen LogP contribution in [0.1, 0.15) is 16.7 Å². The lowest BCUT2D eigenvalue weighted by atomic mass is 9.33. The normalized spacial score (nSPS) is 13.0. The largest absolute Gasteiger partial charge is 0.311 e. The summed E-state index contributed by atoms with van der Waals surface area (Å²) in [5.74, 6) is 0. The van der Waals surface area contributed by atoms with Crippen LogP contribution in [0.25, 0.3) is 11.1 Å². The Morgan fingerprint density at radius 3 is 1.48 bits per heavy atom. The van der Waals surface area contributed by atoms with E-state index in [4.69, 9.17) is 0 Å². The Balaban J connectivity index is 1.43. The van der Waals surface area contributed by atoms with Crippen LogP contribution in [-0.2, 0) is 0 Å². The van der Waals surface area contributed by atoms with E-state index < -0.39 is 0 Å². The highest BCUT2D eigenvalue weighted by Crippen LogP contribution is 2.44. The first-order valence-corrected chi connectivity index (χ1v) is 14.7. The summed E-state index contributed by atoms with van der Waals surface area (Å²) in [6.07, 6.45) is 0. The number of anilines is 6. The number of benzene rings is 6. The molecule has 42 heavy (non-hydrogen) atoms. The third-order valence-corrected chi connectivity index (χ3v) is 8.87. The highest BCUT2D eigenvalue weighted by atomic mass is 15.2. The molecule has 2 aliphatic heterocycles. The van der Waals surface area contributed by atoms with E-state index in [0.29, 0.717) is 0 Å². The molecular weight excluding hydrogens is 507 g/mol. The van der Waals surface area contributed by atoms with E-state index in [0.717, 1.165) is 0 Å². The number of hydrogen-bond donors (Lipinski definition) is 0. The fourth-order valence-corrected chi connectivity index (χ4v) is 6.76. The van der Waals surface area contributed by atoms with Crippen LogP contribution < -0.4 is 26.2 Å². The molecule has 6 aromatic rings. The SMILES string of the molecule is Cc1ccc(-c2ccc3c(c2)B2c4ccccc4N(c4ccc(C)cc4)c4cccc(c42)N3c2ccc(C)cc2)cc1. The maximum Gasteiger partial charge on any atom is 0.252 e. The molecule has 0 spiro atoms. The van der Waals surface area contributed by atoms with Crippen LogP contribution in [0.4, 0.5) is 34.1 Å². The molecule has 2 heterocycles.